The fraction of sp³-hybridized carbons (Fsp3) is 0.519. The maximum atomic E-state index is 12.7. The number of amides is 2. The highest BCUT2D eigenvalue weighted by Crippen LogP contribution is 2.39. The Kier molecular flexibility index (Phi) is 10.8. The summed E-state index contributed by atoms with van der Waals surface area (Å²) >= 11 is 12.4. The summed E-state index contributed by atoms with van der Waals surface area (Å²) < 4.78 is 16.1. The number of ether oxygens (including phenoxy) is 3. The molecule has 2 aromatic carbocycles. The Morgan fingerprint density at radius 1 is 0.972 bits per heavy atom. The van der Waals surface area contributed by atoms with Crippen LogP contribution in [0.15, 0.2) is 30.3 Å². The summed E-state index contributed by atoms with van der Waals surface area (Å²) in [5.74, 6) is 2.02. The number of hydrogen-bond donors (Lipinski definition) is 2. The maximum Gasteiger partial charge on any atom is 0.319 e. The van der Waals surface area contributed by atoms with Crippen LogP contribution in [-0.4, -0.2) is 58.4 Å². The Bertz CT molecular complexity index is 990. The molecule has 0 aliphatic carbocycles. The number of piperidine rings is 1. The molecule has 2 atom stereocenters. The Morgan fingerprint density at radius 3 is 2.22 bits per heavy atom. The quantitative estimate of drug-likeness (QED) is 0.361. The molecule has 1 fully saturated rings. The molecule has 0 bridgehead atoms. The van der Waals surface area contributed by atoms with Crippen molar-refractivity contribution in [2.75, 3.05) is 52.8 Å². The number of halogens is 2. The zero-order chi connectivity index (χ0) is 26.1. The summed E-state index contributed by atoms with van der Waals surface area (Å²) in [4.78, 5) is 15.3. The van der Waals surface area contributed by atoms with E-state index in [1.165, 1.54) is 19.3 Å². The van der Waals surface area contributed by atoms with Crippen LogP contribution in [0.25, 0.3) is 0 Å². The van der Waals surface area contributed by atoms with Gasteiger partial charge in [-0.15, -0.1) is 0 Å². The Balaban J connectivity index is 1.65. The lowest BCUT2D eigenvalue weighted by Gasteiger charge is -2.33. The van der Waals surface area contributed by atoms with Crippen molar-refractivity contribution in [3.63, 3.8) is 0 Å². The van der Waals surface area contributed by atoms with Gasteiger partial charge in [0.25, 0.3) is 0 Å². The minimum absolute atomic E-state index is 0.243. The number of carbonyl (C=O) groups excluding carboxylic acids is 1. The Labute approximate surface area is 224 Å². The second-order valence-electron chi connectivity index (χ2n) is 9.30. The van der Waals surface area contributed by atoms with Crippen molar-refractivity contribution in [2.24, 2.45) is 11.8 Å². The van der Waals surface area contributed by atoms with Gasteiger partial charge in [0.2, 0.25) is 5.75 Å². The van der Waals surface area contributed by atoms with E-state index in [1.807, 2.05) is 18.2 Å². The second-order valence-corrected chi connectivity index (χ2v) is 10.1. The number of benzene rings is 2. The number of anilines is 1. The fourth-order valence-electron chi connectivity index (χ4n) is 4.64. The number of nitrogens with zero attached hydrogens (tertiary/aromatic N) is 1. The molecule has 0 saturated carbocycles. The smallest absolute Gasteiger partial charge is 0.319 e. The predicted octanol–water partition coefficient (Wildman–Crippen LogP) is 6.12. The van der Waals surface area contributed by atoms with Crippen molar-refractivity contribution in [1.82, 2.24) is 10.2 Å². The summed E-state index contributed by atoms with van der Waals surface area (Å²) in [5.41, 5.74) is 1.70. The lowest BCUT2D eigenvalue weighted by molar-refractivity contribution is 0.167. The SMILES string of the molecule is COc1cc(NC(=O)NCC(C)C(Cc2ccc(Cl)c(Cl)c2)CN2CCCCC2)cc(OC)c1OC. The molecule has 3 rings (SSSR count). The van der Waals surface area contributed by atoms with Crippen LogP contribution < -0.4 is 24.8 Å². The van der Waals surface area contributed by atoms with E-state index in [9.17, 15) is 4.79 Å². The molecule has 36 heavy (non-hydrogen) atoms. The van der Waals surface area contributed by atoms with E-state index in [-0.39, 0.29) is 11.9 Å². The maximum absolute atomic E-state index is 12.7. The molecule has 1 heterocycles. The van der Waals surface area contributed by atoms with Gasteiger partial charge in [0.1, 0.15) is 0 Å². The first-order chi connectivity index (χ1) is 17.3. The van der Waals surface area contributed by atoms with Crippen LogP contribution in [0, 0.1) is 11.8 Å². The van der Waals surface area contributed by atoms with E-state index < -0.39 is 0 Å². The Hall–Kier alpha value is -2.35. The van der Waals surface area contributed by atoms with E-state index in [0.29, 0.717) is 45.4 Å². The van der Waals surface area contributed by atoms with Gasteiger partial charge in [-0.1, -0.05) is 42.6 Å². The number of urea groups is 1. The molecular weight excluding hydrogens is 501 g/mol. The van der Waals surface area contributed by atoms with Crippen molar-refractivity contribution < 1.29 is 19.0 Å². The van der Waals surface area contributed by atoms with E-state index in [1.54, 1.807) is 33.5 Å². The van der Waals surface area contributed by atoms with Gasteiger partial charge in [-0.05, 0) is 61.9 Å². The Morgan fingerprint density at radius 2 is 1.64 bits per heavy atom. The van der Waals surface area contributed by atoms with Gasteiger partial charge in [-0.25, -0.2) is 4.79 Å². The van der Waals surface area contributed by atoms with Crippen molar-refractivity contribution >= 4 is 34.9 Å². The molecule has 2 N–H and O–H groups in total. The van der Waals surface area contributed by atoms with Crippen LogP contribution in [0.2, 0.25) is 10.0 Å². The van der Waals surface area contributed by atoms with Crippen LogP contribution in [0.3, 0.4) is 0 Å². The van der Waals surface area contributed by atoms with Crippen molar-refractivity contribution in [3.8, 4) is 17.2 Å². The molecule has 2 amide bonds. The number of methoxy groups -OCH3 is 3. The predicted molar refractivity (Wildman–Crippen MR) is 146 cm³/mol. The van der Waals surface area contributed by atoms with Gasteiger partial charge in [-0.3, -0.25) is 0 Å². The zero-order valence-electron chi connectivity index (χ0n) is 21.5. The molecule has 0 aromatic heterocycles. The first-order valence-corrected chi connectivity index (χ1v) is 13.1. The number of hydrogen-bond acceptors (Lipinski definition) is 5. The molecule has 2 unspecified atom stereocenters. The highest BCUT2D eigenvalue weighted by Gasteiger charge is 2.23. The summed E-state index contributed by atoms with van der Waals surface area (Å²) in [6, 6.07) is 8.95. The number of rotatable bonds is 11. The van der Waals surface area contributed by atoms with Crippen molar-refractivity contribution in [1.29, 1.82) is 0 Å². The first-order valence-electron chi connectivity index (χ1n) is 12.4. The molecule has 0 radical (unpaired) electrons. The molecule has 9 heteroatoms. The van der Waals surface area contributed by atoms with Crippen LogP contribution >= 0.6 is 23.2 Å². The highest BCUT2D eigenvalue weighted by molar-refractivity contribution is 6.42. The lowest BCUT2D eigenvalue weighted by Crippen LogP contribution is -2.40. The molecule has 0 spiro atoms. The second kappa shape index (κ2) is 13.8. The first kappa shape index (κ1) is 28.2. The average molecular weight is 539 g/mol. The number of likely N-dealkylation sites (tertiary alicyclic amines) is 1. The summed E-state index contributed by atoms with van der Waals surface area (Å²) in [5, 5.41) is 7.04. The third-order valence-electron chi connectivity index (χ3n) is 6.74. The zero-order valence-corrected chi connectivity index (χ0v) is 23.0. The van der Waals surface area contributed by atoms with Gasteiger partial charge in [0.15, 0.2) is 11.5 Å². The fourth-order valence-corrected chi connectivity index (χ4v) is 4.96. The van der Waals surface area contributed by atoms with Gasteiger partial charge in [-0.2, -0.15) is 0 Å². The van der Waals surface area contributed by atoms with Gasteiger partial charge in [0, 0.05) is 25.2 Å². The molecule has 1 aliphatic heterocycles. The van der Waals surface area contributed by atoms with E-state index in [4.69, 9.17) is 37.4 Å². The minimum Gasteiger partial charge on any atom is -0.493 e. The molecule has 198 valence electrons. The normalized spacial score (nSPS) is 15.6. The van der Waals surface area contributed by atoms with Gasteiger partial charge >= 0.3 is 6.03 Å². The third-order valence-corrected chi connectivity index (χ3v) is 7.47. The third kappa shape index (κ3) is 7.82. The number of carbonyl (C=O) groups is 1. The average Bonchev–Trinajstić information content (AvgIpc) is 2.88. The standard InChI is InChI=1S/C27H37Cl2N3O4/c1-18(16-30-27(33)31-21-14-24(34-2)26(36-4)25(15-21)35-3)20(17-32-10-6-5-7-11-32)12-19-8-9-22(28)23(29)13-19/h8-9,13-15,18,20H,5-7,10-12,16-17H2,1-4H3,(H2,30,31,33). The van der Waals surface area contributed by atoms with Crippen LogP contribution in [-0.2, 0) is 6.42 Å². The van der Waals surface area contributed by atoms with E-state index >= 15 is 0 Å². The van der Waals surface area contributed by atoms with Crippen molar-refractivity contribution in [2.45, 2.75) is 32.6 Å². The molecular formula is C27H37Cl2N3O4. The highest BCUT2D eigenvalue weighted by atomic mass is 35.5. The monoisotopic (exact) mass is 537 g/mol. The summed E-state index contributed by atoms with van der Waals surface area (Å²) in [7, 11) is 4.62. The largest absolute Gasteiger partial charge is 0.493 e. The van der Waals surface area contributed by atoms with Gasteiger partial charge < -0.3 is 29.7 Å². The van der Waals surface area contributed by atoms with Crippen molar-refractivity contribution in [3.05, 3.63) is 45.9 Å². The minimum atomic E-state index is -0.289. The van der Waals surface area contributed by atoms with Crippen LogP contribution in [0.5, 0.6) is 17.2 Å². The molecule has 1 saturated heterocycles. The molecule has 7 nitrogen and oxygen atoms in total. The number of nitrogens with one attached hydrogen (secondary N) is 2. The summed E-state index contributed by atoms with van der Waals surface area (Å²) in [6.45, 7) is 5.96. The molecule has 1 aliphatic rings. The topological polar surface area (TPSA) is 72.1 Å². The van der Waals surface area contributed by atoms with E-state index in [0.717, 1.165) is 31.6 Å². The van der Waals surface area contributed by atoms with Crippen LogP contribution in [0.4, 0.5) is 10.5 Å². The van der Waals surface area contributed by atoms with E-state index in [2.05, 4.69) is 22.5 Å². The molecule has 2 aromatic rings. The lowest BCUT2D eigenvalue weighted by atomic mass is 9.87. The summed E-state index contributed by atoms with van der Waals surface area (Å²) in [6.07, 6.45) is 4.64. The van der Waals surface area contributed by atoms with Gasteiger partial charge in [0.05, 0.1) is 37.1 Å². The van der Waals surface area contributed by atoms with Crippen LogP contribution in [0.1, 0.15) is 31.7 Å².